The van der Waals surface area contributed by atoms with E-state index in [2.05, 4.69) is 52.1 Å². The summed E-state index contributed by atoms with van der Waals surface area (Å²) >= 11 is 1.72. The third-order valence-corrected chi connectivity index (χ3v) is 7.03. The van der Waals surface area contributed by atoms with Gasteiger partial charge in [-0.25, -0.2) is 0 Å². The van der Waals surface area contributed by atoms with Crippen molar-refractivity contribution in [2.24, 2.45) is 5.41 Å². The SMILES string of the molecule is CCNC(=O)[C@]1(Cc2ccc(-c3cccs3)cc2)CCCN(C(=O)Cc2ccccn2)C1. The molecule has 2 amide bonds. The van der Waals surface area contributed by atoms with Crippen LogP contribution in [0.25, 0.3) is 10.4 Å². The predicted octanol–water partition coefficient (Wildman–Crippen LogP) is 4.34. The highest BCUT2D eigenvalue weighted by atomic mass is 32.1. The van der Waals surface area contributed by atoms with Crippen LogP contribution in [0.1, 0.15) is 31.0 Å². The molecule has 166 valence electrons. The van der Waals surface area contributed by atoms with Gasteiger partial charge < -0.3 is 10.2 Å². The normalized spacial score (nSPS) is 18.3. The van der Waals surface area contributed by atoms with E-state index in [1.54, 1.807) is 17.5 Å². The molecule has 0 spiro atoms. The van der Waals surface area contributed by atoms with Gasteiger partial charge in [0.05, 0.1) is 11.8 Å². The molecule has 0 saturated carbocycles. The van der Waals surface area contributed by atoms with Crippen molar-refractivity contribution in [3.05, 3.63) is 77.4 Å². The number of hydrogen-bond donors (Lipinski definition) is 1. The predicted molar refractivity (Wildman–Crippen MR) is 128 cm³/mol. The number of rotatable bonds is 7. The third kappa shape index (κ3) is 5.07. The van der Waals surface area contributed by atoms with E-state index in [1.165, 1.54) is 10.4 Å². The number of aromatic nitrogens is 1. The van der Waals surface area contributed by atoms with Gasteiger partial charge in [-0.3, -0.25) is 14.6 Å². The highest BCUT2D eigenvalue weighted by Crippen LogP contribution is 2.35. The molecule has 1 saturated heterocycles. The molecule has 6 heteroatoms. The third-order valence-electron chi connectivity index (χ3n) is 6.11. The lowest BCUT2D eigenvalue weighted by molar-refractivity contribution is -0.141. The summed E-state index contributed by atoms with van der Waals surface area (Å²) in [6, 6.07) is 18.3. The van der Waals surface area contributed by atoms with Gasteiger partial charge in [-0.15, -0.1) is 11.3 Å². The topological polar surface area (TPSA) is 62.3 Å². The summed E-state index contributed by atoms with van der Waals surface area (Å²) < 4.78 is 0. The number of carbonyl (C=O) groups excluding carboxylic acids is 2. The molecule has 0 unspecified atom stereocenters. The molecule has 0 bridgehead atoms. The van der Waals surface area contributed by atoms with E-state index in [4.69, 9.17) is 0 Å². The van der Waals surface area contributed by atoms with E-state index in [-0.39, 0.29) is 18.2 Å². The molecule has 1 fully saturated rings. The fraction of sp³-hybridized carbons (Fsp3) is 0.346. The lowest BCUT2D eigenvalue weighted by Crippen LogP contribution is -2.54. The standard InChI is InChI=1S/C26H29N3O2S/c1-2-27-25(31)26(18-20-9-11-21(12-10-20)23-8-5-16-32-23)13-6-15-29(19-26)24(30)17-22-7-3-4-14-28-22/h3-5,7-12,14,16H,2,6,13,15,17-19H2,1H3,(H,27,31)/t26-/m0/s1. The molecule has 2 aromatic heterocycles. The second-order valence-corrected chi connectivity index (χ2v) is 9.36. The van der Waals surface area contributed by atoms with Crippen molar-refractivity contribution in [3.63, 3.8) is 0 Å². The number of nitrogens with zero attached hydrogens (tertiary/aromatic N) is 2. The zero-order valence-electron chi connectivity index (χ0n) is 18.4. The highest BCUT2D eigenvalue weighted by molar-refractivity contribution is 7.13. The number of hydrogen-bond acceptors (Lipinski definition) is 4. The number of carbonyl (C=O) groups is 2. The average Bonchev–Trinajstić information content (AvgIpc) is 3.36. The molecule has 32 heavy (non-hydrogen) atoms. The van der Waals surface area contributed by atoms with Crippen LogP contribution in [0.2, 0.25) is 0 Å². The van der Waals surface area contributed by atoms with Crippen molar-refractivity contribution >= 4 is 23.2 Å². The van der Waals surface area contributed by atoms with E-state index in [1.807, 2.05) is 30.0 Å². The maximum absolute atomic E-state index is 13.2. The van der Waals surface area contributed by atoms with Gasteiger partial charge >= 0.3 is 0 Å². The Labute approximate surface area is 193 Å². The summed E-state index contributed by atoms with van der Waals surface area (Å²) in [6.45, 7) is 3.65. The fourth-order valence-electron chi connectivity index (χ4n) is 4.49. The number of benzene rings is 1. The smallest absolute Gasteiger partial charge is 0.228 e. The Bertz CT molecular complexity index is 1030. The minimum absolute atomic E-state index is 0.0325. The van der Waals surface area contributed by atoms with Crippen molar-refractivity contribution in [1.29, 1.82) is 0 Å². The lowest BCUT2D eigenvalue weighted by Gasteiger charge is -2.42. The molecule has 1 atom stereocenters. The summed E-state index contributed by atoms with van der Waals surface area (Å²) in [4.78, 5) is 33.6. The molecule has 4 rings (SSSR count). The minimum Gasteiger partial charge on any atom is -0.356 e. The quantitative estimate of drug-likeness (QED) is 0.586. The molecule has 0 aliphatic carbocycles. The first-order valence-electron chi connectivity index (χ1n) is 11.2. The second-order valence-electron chi connectivity index (χ2n) is 8.41. The maximum Gasteiger partial charge on any atom is 0.228 e. The summed E-state index contributed by atoms with van der Waals surface area (Å²) in [5.74, 6) is 0.0720. The maximum atomic E-state index is 13.2. The van der Waals surface area contributed by atoms with Crippen LogP contribution in [-0.4, -0.2) is 41.3 Å². The van der Waals surface area contributed by atoms with Crippen LogP contribution in [0, 0.1) is 5.41 Å². The monoisotopic (exact) mass is 447 g/mol. The van der Waals surface area contributed by atoms with Crippen molar-refractivity contribution in [2.45, 2.75) is 32.6 Å². The van der Waals surface area contributed by atoms with Gasteiger partial charge in [0.1, 0.15) is 0 Å². The molecule has 0 radical (unpaired) electrons. The summed E-state index contributed by atoms with van der Waals surface area (Å²) in [5, 5.41) is 5.11. The zero-order chi connectivity index (χ0) is 22.4. The molecular formula is C26H29N3O2S. The number of amides is 2. The van der Waals surface area contributed by atoms with Crippen molar-refractivity contribution in [2.75, 3.05) is 19.6 Å². The summed E-state index contributed by atoms with van der Waals surface area (Å²) in [5.41, 5.74) is 2.46. The van der Waals surface area contributed by atoms with Gasteiger partial charge in [0.2, 0.25) is 11.8 Å². The number of likely N-dealkylation sites (tertiary alicyclic amines) is 1. The summed E-state index contributed by atoms with van der Waals surface area (Å²) in [7, 11) is 0. The Morgan fingerprint density at radius 2 is 1.97 bits per heavy atom. The fourth-order valence-corrected chi connectivity index (χ4v) is 5.23. The first kappa shape index (κ1) is 22.2. The first-order chi connectivity index (χ1) is 15.6. The van der Waals surface area contributed by atoms with Gasteiger partial charge in [-0.05, 0) is 60.9 Å². The molecule has 1 N–H and O–H groups in total. The highest BCUT2D eigenvalue weighted by Gasteiger charge is 2.43. The number of pyridine rings is 1. The Morgan fingerprint density at radius 3 is 2.66 bits per heavy atom. The number of piperidine rings is 1. The molecule has 5 nitrogen and oxygen atoms in total. The van der Waals surface area contributed by atoms with Crippen molar-refractivity contribution in [1.82, 2.24) is 15.2 Å². The van der Waals surface area contributed by atoms with Gasteiger partial charge in [-0.1, -0.05) is 36.4 Å². The van der Waals surface area contributed by atoms with Crippen molar-refractivity contribution < 1.29 is 9.59 Å². The molecule has 1 aliphatic heterocycles. The number of nitrogens with one attached hydrogen (secondary N) is 1. The van der Waals surface area contributed by atoms with E-state index in [9.17, 15) is 9.59 Å². The van der Waals surface area contributed by atoms with Crippen LogP contribution < -0.4 is 5.32 Å². The summed E-state index contributed by atoms with van der Waals surface area (Å²) in [6.07, 6.45) is 4.19. The lowest BCUT2D eigenvalue weighted by atomic mass is 9.74. The largest absolute Gasteiger partial charge is 0.356 e. The average molecular weight is 448 g/mol. The minimum atomic E-state index is -0.613. The molecule has 1 aromatic carbocycles. The molecule has 1 aliphatic rings. The second kappa shape index (κ2) is 10.1. The molecule has 3 aromatic rings. The Kier molecular flexibility index (Phi) is 7.00. The Morgan fingerprint density at radius 1 is 1.12 bits per heavy atom. The van der Waals surface area contributed by atoms with E-state index in [0.29, 0.717) is 26.1 Å². The Hall–Kier alpha value is -2.99. The van der Waals surface area contributed by atoms with Crippen LogP contribution in [-0.2, 0) is 22.4 Å². The van der Waals surface area contributed by atoms with Gasteiger partial charge in [0.15, 0.2) is 0 Å². The van der Waals surface area contributed by atoms with E-state index in [0.717, 1.165) is 24.1 Å². The number of thiophene rings is 1. The van der Waals surface area contributed by atoms with Crippen LogP contribution in [0.5, 0.6) is 0 Å². The Balaban J connectivity index is 1.53. The van der Waals surface area contributed by atoms with E-state index >= 15 is 0 Å². The van der Waals surface area contributed by atoms with Gasteiger partial charge in [-0.2, -0.15) is 0 Å². The van der Waals surface area contributed by atoms with E-state index < -0.39 is 5.41 Å². The van der Waals surface area contributed by atoms with Crippen LogP contribution in [0.15, 0.2) is 66.2 Å². The van der Waals surface area contributed by atoms with Crippen LogP contribution >= 0.6 is 11.3 Å². The van der Waals surface area contributed by atoms with Gasteiger partial charge in [0.25, 0.3) is 0 Å². The molecule has 3 heterocycles. The first-order valence-corrected chi connectivity index (χ1v) is 12.1. The van der Waals surface area contributed by atoms with Crippen LogP contribution in [0.4, 0.5) is 0 Å². The van der Waals surface area contributed by atoms with Crippen molar-refractivity contribution in [3.8, 4) is 10.4 Å². The van der Waals surface area contributed by atoms with Gasteiger partial charge in [0, 0.05) is 36.4 Å². The zero-order valence-corrected chi connectivity index (χ0v) is 19.2. The molecular weight excluding hydrogens is 418 g/mol. The van der Waals surface area contributed by atoms with Crippen LogP contribution in [0.3, 0.4) is 0 Å².